The molecule has 3 amide bonds. The third-order valence-corrected chi connectivity index (χ3v) is 5.53. The Balaban J connectivity index is 1.41. The van der Waals surface area contributed by atoms with Gasteiger partial charge in [0.2, 0.25) is 5.91 Å². The van der Waals surface area contributed by atoms with Crippen molar-refractivity contribution >= 4 is 17.7 Å². The van der Waals surface area contributed by atoms with Crippen molar-refractivity contribution in [2.24, 2.45) is 13.0 Å². The molecule has 0 unspecified atom stereocenters. The first-order valence-corrected chi connectivity index (χ1v) is 10.7. The minimum Gasteiger partial charge on any atom is -0.493 e. The largest absolute Gasteiger partial charge is 0.493 e. The van der Waals surface area contributed by atoms with Crippen molar-refractivity contribution in [3.63, 3.8) is 0 Å². The first kappa shape index (κ1) is 24.9. The van der Waals surface area contributed by atoms with Gasteiger partial charge in [0.1, 0.15) is 0 Å². The fourth-order valence-corrected chi connectivity index (χ4v) is 3.64. The van der Waals surface area contributed by atoms with Gasteiger partial charge in [-0.1, -0.05) is 0 Å². The number of methoxy groups -OCH3 is 1. The molecule has 1 aliphatic heterocycles. The maximum absolute atomic E-state index is 12.5. The van der Waals surface area contributed by atoms with Crippen LogP contribution in [0.4, 0.5) is 8.78 Å². The molecule has 0 radical (unpaired) electrons. The summed E-state index contributed by atoms with van der Waals surface area (Å²) in [5.74, 6) is -0.902. The summed E-state index contributed by atoms with van der Waals surface area (Å²) in [5.41, 5.74) is 0.647. The number of halogens is 2. The van der Waals surface area contributed by atoms with E-state index in [1.54, 1.807) is 22.8 Å². The summed E-state index contributed by atoms with van der Waals surface area (Å²) in [7, 11) is 3.01. The normalized spacial score (nSPS) is 14.1. The number of nitrogens with one attached hydrogen (secondary N) is 2. The predicted molar refractivity (Wildman–Crippen MR) is 117 cm³/mol. The Labute approximate surface area is 195 Å². The molecule has 0 saturated carbocycles. The van der Waals surface area contributed by atoms with Crippen LogP contribution >= 0.6 is 0 Å². The Kier molecular flexibility index (Phi) is 8.39. The average molecular weight is 479 g/mol. The maximum atomic E-state index is 12.5. The molecule has 184 valence electrons. The van der Waals surface area contributed by atoms with E-state index >= 15 is 0 Å². The maximum Gasteiger partial charge on any atom is 0.387 e. The van der Waals surface area contributed by atoms with Gasteiger partial charge in [0.25, 0.3) is 11.8 Å². The first-order chi connectivity index (χ1) is 16.3. The van der Waals surface area contributed by atoms with Gasteiger partial charge in [-0.15, -0.1) is 0 Å². The minimum atomic E-state index is -3.02. The van der Waals surface area contributed by atoms with Gasteiger partial charge in [-0.3, -0.25) is 19.1 Å². The van der Waals surface area contributed by atoms with Crippen LogP contribution < -0.4 is 20.1 Å². The third-order valence-electron chi connectivity index (χ3n) is 5.53. The van der Waals surface area contributed by atoms with E-state index in [9.17, 15) is 23.2 Å². The topological polar surface area (TPSA) is 115 Å². The van der Waals surface area contributed by atoms with E-state index in [0.717, 1.165) is 12.8 Å². The molecule has 0 spiro atoms. The molecule has 12 heteroatoms. The van der Waals surface area contributed by atoms with Crippen molar-refractivity contribution < 1.29 is 32.6 Å². The predicted octanol–water partition coefficient (Wildman–Crippen LogP) is 1.43. The number of rotatable bonds is 9. The molecule has 10 nitrogen and oxygen atoms in total. The summed E-state index contributed by atoms with van der Waals surface area (Å²) in [6.45, 7) is -1.66. The zero-order valence-electron chi connectivity index (χ0n) is 18.9. The summed E-state index contributed by atoms with van der Waals surface area (Å²) in [5, 5.41) is 9.41. The van der Waals surface area contributed by atoms with Crippen molar-refractivity contribution in [3.8, 4) is 11.5 Å². The van der Waals surface area contributed by atoms with Gasteiger partial charge in [-0.25, -0.2) is 0 Å². The van der Waals surface area contributed by atoms with E-state index < -0.39 is 12.5 Å². The summed E-state index contributed by atoms with van der Waals surface area (Å²) in [6.07, 6.45) is 4.62. The van der Waals surface area contributed by atoms with Crippen molar-refractivity contribution in [2.75, 3.05) is 33.3 Å². The van der Waals surface area contributed by atoms with Crippen LogP contribution in [-0.2, 0) is 11.8 Å². The van der Waals surface area contributed by atoms with Crippen molar-refractivity contribution in [1.29, 1.82) is 0 Å². The van der Waals surface area contributed by atoms with Gasteiger partial charge in [0.15, 0.2) is 11.5 Å². The Bertz CT molecular complexity index is 1020. The van der Waals surface area contributed by atoms with Crippen LogP contribution in [-0.4, -0.2) is 72.3 Å². The molecule has 0 aliphatic carbocycles. The highest BCUT2D eigenvalue weighted by atomic mass is 19.3. The zero-order chi connectivity index (χ0) is 24.7. The molecular weight excluding hydrogens is 452 g/mol. The van der Waals surface area contributed by atoms with Crippen LogP contribution in [0.5, 0.6) is 11.5 Å². The third kappa shape index (κ3) is 6.65. The number of carbonyl (C=O) groups is 3. The van der Waals surface area contributed by atoms with Crippen molar-refractivity contribution in [1.82, 2.24) is 25.3 Å². The van der Waals surface area contributed by atoms with E-state index in [4.69, 9.17) is 4.74 Å². The highest BCUT2D eigenvalue weighted by Crippen LogP contribution is 2.29. The molecule has 0 atom stereocenters. The van der Waals surface area contributed by atoms with Crippen LogP contribution in [0, 0.1) is 5.92 Å². The summed E-state index contributed by atoms with van der Waals surface area (Å²) in [4.78, 5) is 38.7. The SMILES string of the molecule is COc1cc(C(=O)NCC(=O)N2CCC(CNC(=O)c3cnn(C)c3)CC2)ccc1OC(F)F. The number of aryl methyl sites for hydroxylation is 1. The number of nitrogens with zero attached hydrogens (tertiary/aromatic N) is 3. The molecule has 0 bridgehead atoms. The van der Waals surface area contributed by atoms with Gasteiger partial charge in [-0.05, 0) is 37.0 Å². The van der Waals surface area contributed by atoms with E-state index in [1.807, 2.05) is 0 Å². The Morgan fingerprint density at radius 2 is 1.82 bits per heavy atom. The molecule has 34 heavy (non-hydrogen) atoms. The molecule has 1 aliphatic rings. The van der Waals surface area contributed by atoms with Gasteiger partial charge in [-0.2, -0.15) is 13.9 Å². The monoisotopic (exact) mass is 479 g/mol. The van der Waals surface area contributed by atoms with E-state index in [2.05, 4.69) is 20.5 Å². The molecule has 3 rings (SSSR count). The fraction of sp³-hybridized carbons (Fsp3) is 0.455. The smallest absolute Gasteiger partial charge is 0.387 e. The Hall–Kier alpha value is -3.70. The van der Waals surface area contributed by atoms with Crippen LogP contribution in [0.3, 0.4) is 0 Å². The second-order valence-corrected chi connectivity index (χ2v) is 7.86. The number of aromatic nitrogens is 2. The van der Waals surface area contributed by atoms with Crippen molar-refractivity contribution in [3.05, 3.63) is 41.7 Å². The summed E-state index contributed by atoms with van der Waals surface area (Å²) in [6, 6.07) is 3.79. The highest BCUT2D eigenvalue weighted by molar-refractivity contribution is 5.97. The number of ether oxygens (including phenoxy) is 2. The lowest BCUT2D eigenvalue weighted by Crippen LogP contribution is -2.45. The molecular formula is C22H27F2N5O5. The standard InChI is InChI=1S/C22H27F2N5O5/c1-28-13-16(11-27-28)21(32)25-10-14-5-7-29(8-6-14)19(30)12-26-20(31)15-3-4-17(34-22(23)24)18(9-15)33-2/h3-4,9,11,13-14,22H,5-8,10,12H2,1-2H3,(H,25,32)(H,26,31). The molecule has 1 aromatic carbocycles. The van der Waals surface area contributed by atoms with E-state index in [0.29, 0.717) is 25.2 Å². The fourth-order valence-electron chi connectivity index (χ4n) is 3.64. The lowest BCUT2D eigenvalue weighted by Gasteiger charge is -2.32. The Morgan fingerprint density at radius 1 is 1.12 bits per heavy atom. The first-order valence-electron chi connectivity index (χ1n) is 10.7. The van der Waals surface area contributed by atoms with Gasteiger partial charge >= 0.3 is 6.61 Å². The molecule has 2 N–H and O–H groups in total. The van der Waals surface area contributed by atoms with Gasteiger partial charge < -0.3 is 25.0 Å². The number of benzene rings is 1. The van der Waals surface area contributed by atoms with Crippen LogP contribution in [0.2, 0.25) is 0 Å². The number of hydrogen-bond acceptors (Lipinski definition) is 6. The highest BCUT2D eigenvalue weighted by Gasteiger charge is 2.24. The number of piperidine rings is 1. The second kappa shape index (κ2) is 11.4. The Morgan fingerprint density at radius 3 is 2.44 bits per heavy atom. The van der Waals surface area contributed by atoms with Crippen LogP contribution in [0.25, 0.3) is 0 Å². The van der Waals surface area contributed by atoms with Gasteiger partial charge in [0, 0.05) is 38.4 Å². The lowest BCUT2D eigenvalue weighted by molar-refractivity contribution is -0.131. The summed E-state index contributed by atoms with van der Waals surface area (Å²) < 4.78 is 35.7. The lowest BCUT2D eigenvalue weighted by atomic mass is 9.96. The quantitative estimate of drug-likeness (QED) is 0.562. The molecule has 1 saturated heterocycles. The molecule has 1 aromatic heterocycles. The molecule has 2 aromatic rings. The number of likely N-dealkylation sites (tertiary alicyclic amines) is 1. The van der Waals surface area contributed by atoms with Crippen LogP contribution in [0.15, 0.2) is 30.6 Å². The number of carbonyl (C=O) groups excluding carboxylic acids is 3. The van der Waals surface area contributed by atoms with Gasteiger partial charge in [0.05, 0.1) is 25.4 Å². The van der Waals surface area contributed by atoms with Crippen LogP contribution in [0.1, 0.15) is 33.6 Å². The summed E-state index contributed by atoms with van der Waals surface area (Å²) >= 11 is 0. The minimum absolute atomic E-state index is 0.0167. The van der Waals surface area contributed by atoms with Crippen molar-refractivity contribution in [2.45, 2.75) is 19.5 Å². The zero-order valence-corrected chi connectivity index (χ0v) is 18.9. The number of hydrogen-bond donors (Lipinski definition) is 2. The molecule has 1 fully saturated rings. The van der Waals surface area contributed by atoms with E-state index in [1.165, 1.54) is 31.5 Å². The molecule has 2 heterocycles. The average Bonchev–Trinajstić information content (AvgIpc) is 3.27. The second-order valence-electron chi connectivity index (χ2n) is 7.86. The number of amides is 3. The van der Waals surface area contributed by atoms with E-state index in [-0.39, 0.29) is 41.3 Å². The number of alkyl halides is 2.